The lowest BCUT2D eigenvalue weighted by molar-refractivity contribution is 0.351. The quantitative estimate of drug-likeness (QED) is 0.383. The van der Waals surface area contributed by atoms with Crippen LogP contribution in [-0.2, 0) is 5.11 Å². The molecule has 0 bridgehead atoms. The highest BCUT2D eigenvalue weighted by Gasteiger charge is 2.05. The first-order chi connectivity index (χ1) is 15.2. The van der Waals surface area contributed by atoms with Gasteiger partial charge in [-0.2, -0.15) is 0 Å². The van der Waals surface area contributed by atoms with Gasteiger partial charge in [0.15, 0.2) is 5.75 Å². The molecule has 0 N–H and O–H groups in total. The summed E-state index contributed by atoms with van der Waals surface area (Å²) in [6.45, 7) is 1.82. The summed E-state index contributed by atoms with van der Waals surface area (Å²) < 4.78 is 0. The van der Waals surface area contributed by atoms with E-state index in [-0.39, 0.29) is 5.75 Å². The average molecular weight is 418 g/mol. The number of nitrogens with zero attached hydrogens (tertiary/aromatic N) is 2. The van der Waals surface area contributed by atoms with Crippen molar-refractivity contribution in [3.63, 3.8) is 0 Å². The molecule has 0 atom stereocenters. The van der Waals surface area contributed by atoms with Crippen molar-refractivity contribution in [2.75, 3.05) is 0 Å². The third-order valence-electron chi connectivity index (χ3n) is 4.29. The minimum atomic E-state index is 0.0428. The minimum Gasteiger partial charge on any atom is -0.290 e. The van der Waals surface area contributed by atoms with Crippen LogP contribution in [0, 0.1) is 30.6 Å². The fourth-order valence-corrected chi connectivity index (χ4v) is 3.79. The maximum absolute atomic E-state index is 11.7. The van der Waals surface area contributed by atoms with Crippen molar-refractivity contribution in [2.45, 2.75) is 16.7 Å². The first-order valence-electron chi connectivity index (χ1n) is 9.62. The Morgan fingerprint density at radius 3 is 1.81 bits per heavy atom. The number of benzene rings is 2. The molecule has 4 aromatic rings. The highest BCUT2D eigenvalue weighted by Crippen LogP contribution is 2.32. The molecule has 0 aliphatic heterocycles. The Balaban J connectivity index is 1.70. The molecule has 0 spiro atoms. The van der Waals surface area contributed by atoms with Crippen molar-refractivity contribution < 1.29 is 5.11 Å². The van der Waals surface area contributed by atoms with Gasteiger partial charge in [-0.05, 0) is 85.0 Å². The van der Waals surface area contributed by atoms with Gasteiger partial charge in [0.25, 0.3) is 0 Å². The number of aromatic nitrogens is 2. The summed E-state index contributed by atoms with van der Waals surface area (Å²) in [4.78, 5) is 10.5. The largest absolute Gasteiger partial charge is 0.290 e. The number of pyridine rings is 2. The minimum absolute atomic E-state index is 0.0428. The normalized spacial score (nSPS) is 9.84. The van der Waals surface area contributed by atoms with Gasteiger partial charge in [-0.1, -0.05) is 35.7 Å². The summed E-state index contributed by atoms with van der Waals surface area (Å²) in [6, 6.07) is 22.6. The molecule has 0 aliphatic rings. The van der Waals surface area contributed by atoms with Gasteiger partial charge in [-0.25, -0.2) is 9.97 Å². The highest BCUT2D eigenvalue weighted by molar-refractivity contribution is 7.99. The van der Waals surface area contributed by atoms with Crippen molar-refractivity contribution in [3.8, 4) is 29.4 Å². The van der Waals surface area contributed by atoms with Crippen molar-refractivity contribution in [2.24, 2.45) is 0 Å². The van der Waals surface area contributed by atoms with E-state index in [0.717, 1.165) is 26.5 Å². The van der Waals surface area contributed by atoms with E-state index in [4.69, 9.17) is 0 Å². The Bertz CT molecular complexity index is 1250. The van der Waals surface area contributed by atoms with Crippen LogP contribution in [0.5, 0.6) is 5.75 Å². The van der Waals surface area contributed by atoms with Crippen LogP contribution in [-0.4, -0.2) is 9.97 Å². The molecule has 0 amide bonds. The standard InChI is InChI=1S/C27H17N2OS/c1-20-16-25(12-13-27(20)30)31-26-18-21(8-10-23-6-2-4-14-28-23)17-22(19-26)9-11-24-7-3-5-15-29-24/h2-7,12-19H,1H3. The highest BCUT2D eigenvalue weighted by atomic mass is 32.2. The van der Waals surface area contributed by atoms with Crippen LogP contribution < -0.4 is 0 Å². The van der Waals surface area contributed by atoms with Crippen molar-refractivity contribution >= 4 is 11.8 Å². The van der Waals surface area contributed by atoms with Crippen LogP contribution in [0.4, 0.5) is 0 Å². The molecular weight excluding hydrogens is 400 g/mol. The zero-order valence-corrected chi connectivity index (χ0v) is 17.6. The first-order valence-corrected chi connectivity index (χ1v) is 10.4. The Hall–Kier alpha value is -3.99. The number of hydrogen-bond acceptors (Lipinski definition) is 3. The second-order valence-corrected chi connectivity index (χ2v) is 7.85. The fourth-order valence-electron chi connectivity index (χ4n) is 2.77. The SMILES string of the molecule is Cc1cc(Sc2cc(C#Cc3ccccn3)cc(C#Cc3ccccn3)c2)ccc1[O]. The smallest absolute Gasteiger partial charge is 0.181 e. The third-order valence-corrected chi connectivity index (χ3v) is 5.25. The maximum atomic E-state index is 11.7. The Morgan fingerprint density at radius 1 is 0.677 bits per heavy atom. The summed E-state index contributed by atoms with van der Waals surface area (Å²) in [5, 5.41) is 11.7. The molecule has 4 heteroatoms. The Kier molecular flexibility index (Phi) is 6.33. The van der Waals surface area contributed by atoms with E-state index in [9.17, 15) is 5.11 Å². The van der Waals surface area contributed by atoms with E-state index in [0.29, 0.717) is 11.4 Å². The Labute approximate surface area is 186 Å². The van der Waals surface area contributed by atoms with Crippen LogP contribution in [0.15, 0.2) is 95.0 Å². The van der Waals surface area contributed by atoms with Crippen LogP contribution in [0.2, 0.25) is 0 Å². The molecule has 0 saturated carbocycles. The van der Waals surface area contributed by atoms with E-state index in [1.165, 1.54) is 0 Å². The average Bonchev–Trinajstić information content (AvgIpc) is 2.80. The van der Waals surface area contributed by atoms with Crippen molar-refractivity contribution in [3.05, 3.63) is 113 Å². The third kappa shape index (κ3) is 5.76. The summed E-state index contributed by atoms with van der Waals surface area (Å²) in [6.07, 6.45) is 3.45. The zero-order chi connectivity index (χ0) is 21.5. The van der Waals surface area contributed by atoms with Gasteiger partial charge < -0.3 is 0 Å². The molecule has 1 radical (unpaired) electrons. The number of rotatable bonds is 2. The summed E-state index contributed by atoms with van der Waals surface area (Å²) in [5.74, 6) is 12.6. The molecule has 2 aromatic heterocycles. The van der Waals surface area contributed by atoms with Gasteiger partial charge in [-0.3, -0.25) is 5.11 Å². The van der Waals surface area contributed by atoms with Crippen LogP contribution >= 0.6 is 11.8 Å². The fraction of sp³-hybridized carbons (Fsp3) is 0.0370. The maximum Gasteiger partial charge on any atom is 0.181 e. The van der Waals surface area contributed by atoms with E-state index >= 15 is 0 Å². The Morgan fingerprint density at radius 2 is 1.29 bits per heavy atom. The predicted octanol–water partition coefficient (Wildman–Crippen LogP) is 5.88. The molecule has 0 saturated heterocycles. The molecule has 2 aromatic carbocycles. The predicted molar refractivity (Wildman–Crippen MR) is 122 cm³/mol. The lowest BCUT2D eigenvalue weighted by Crippen LogP contribution is -1.86. The van der Waals surface area contributed by atoms with Crippen LogP contribution in [0.3, 0.4) is 0 Å². The van der Waals surface area contributed by atoms with Crippen molar-refractivity contribution in [1.82, 2.24) is 9.97 Å². The van der Waals surface area contributed by atoms with Crippen LogP contribution in [0.1, 0.15) is 28.1 Å². The molecule has 0 fully saturated rings. The first kappa shape index (κ1) is 20.3. The van der Waals surface area contributed by atoms with Gasteiger partial charge >= 0.3 is 0 Å². The van der Waals surface area contributed by atoms with Crippen molar-refractivity contribution in [1.29, 1.82) is 0 Å². The second kappa shape index (κ2) is 9.67. The molecule has 4 rings (SSSR count). The van der Waals surface area contributed by atoms with E-state index in [2.05, 4.69) is 33.6 Å². The van der Waals surface area contributed by atoms with Gasteiger partial charge in [0, 0.05) is 33.3 Å². The van der Waals surface area contributed by atoms with Gasteiger partial charge in [0.2, 0.25) is 0 Å². The molecule has 147 valence electrons. The molecule has 31 heavy (non-hydrogen) atoms. The molecule has 2 heterocycles. The lowest BCUT2D eigenvalue weighted by atomic mass is 10.1. The van der Waals surface area contributed by atoms with E-state index < -0.39 is 0 Å². The summed E-state index contributed by atoms with van der Waals surface area (Å²) >= 11 is 1.58. The molecule has 0 aliphatic carbocycles. The number of hydrogen-bond donors (Lipinski definition) is 0. The van der Waals surface area contributed by atoms with Gasteiger partial charge in [0.05, 0.1) is 0 Å². The van der Waals surface area contributed by atoms with E-state index in [1.807, 2.05) is 73.7 Å². The number of aryl methyl sites for hydroxylation is 1. The molecule has 0 unspecified atom stereocenters. The second-order valence-electron chi connectivity index (χ2n) is 6.71. The molecule has 3 nitrogen and oxygen atoms in total. The van der Waals surface area contributed by atoms with E-state index in [1.54, 1.807) is 30.2 Å². The van der Waals surface area contributed by atoms with Gasteiger partial charge in [0.1, 0.15) is 11.4 Å². The monoisotopic (exact) mass is 417 g/mol. The molecular formula is C27H17N2OS. The van der Waals surface area contributed by atoms with Gasteiger partial charge in [-0.15, -0.1) is 0 Å². The summed E-state index contributed by atoms with van der Waals surface area (Å²) in [7, 11) is 0. The lowest BCUT2D eigenvalue weighted by Gasteiger charge is -2.05. The summed E-state index contributed by atoms with van der Waals surface area (Å²) in [5.41, 5.74) is 3.84. The zero-order valence-electron chi connectivity index (χ0n) is 16.8. The topological polar surface area (TPSA) is 45.7 Å². The van der Waals surface area contributed by atoms with Crippen LogP contribution in [0.25, 0.3) is 0 Å².